The van der Waals surface area contributed by atoms with Crippen LogP contribution >= 0.6 is 12.2 Å². The van der Waals surface area contributed by atoms with Crippen molar-refractivity contribution in [1.82, 2.24) is 9.78 Å². The molecule has 2 N–H and O–H groups in total. The molecular formula is C19H18FN5O2S. The van der Waals surface area contributed by atoms with Gasteiger partial charge in [-0.25, -0.2) is 4.39 Å². The maximum absolute atomic E-state index is 13.1. The zero-order valence-corrected chi connectivity index (χ0v) is 16.1. The lowest BCUT2D eigenvalue weighted by Crippen LogP contribution is -2.20. The molecule has 0 saturated heterocycles. The normalized spacial score (nSPS) is 10.5. The fourth-order valence-corrected chi connectivity index (χ4v) is 2.99. The number of nitro benzene ring substituents is 1. The number of halogens is 1. The highest BCUT2D eigenvalue weighted by Crippen LogP contribution is 2.22. The largest absolute Gasteiger partial charge is 0.332 e. The quantitative estimate of drug-likeness (QED) is 0.376. The average Bonchev–Trinajstić information content (AvgIpc) is 2.91. The molecule has 0 aliphatic heterocycles. The third-order valence-corrected chi connectivity index (χ3v) is 4.38. The summed E-state index contributed by atoms with van der Waals surface area (Å²) in [4.78, 5) is 10.4. The monoisotopic (exact) mass is 399 g/mol. The van der Waals surface area contributed by atoms with E-state index in [0.717, 1.165) is 22.6 Å². The van der Waals surface area contributed by atoms with Gasteiger partial charge in [-0.05, 0) is 49.8 Å². The van der Waals surface area contributed by atoms with Crippen molar-refractivity contribution >= 4 is 34.4 Å². The van der Waals surface area contributed by atoms with Gasteiger partial charge in [-0.2, -0.15) is 5.10 Å². The molecule has 0 saturated carbocycles. The number of rotatable bonds is 5. The highest BCUT2D eigenvalue weighted by atomic mass is 32.1. The van der Waals surface area contributed by atoms with E-state index in [-0.39, 0.29) is 11.5 Å². The van der Waals surface area contributed by atoms with Gasteiger partial charge in [-0.15, -0.1) is 0 Å². The number of hydrogen-bond acceptors (Lipinski definition) is 4. The standard InChI is InChI=1S/C19H18FN5O2S/c1-12-18(13(2)24(23-12)11-14-6-8-15(20)9-7-14)22-19(28)21-16-4-3-5-17(10-16)25(26)27/h3-10H,11H2,1-2H3,(H2,21,22,28). The van der Waals surface area contributed by atoms with Gasteiger partial charge in [0.25, 0.3) is 5.69 Å². The molecule has 0 spiro atoms. The van der Waals surface area contributed by atoms with Crippen LogP contribution in [-0.2, 0) is 6.54 Å². The van der Waals surface area contributed by atoms with Crippen LogP contribution in [0, 0.1) is 29.8 Å². The number of thiocarbonyl (C=S) groups is 1. The van der Waals surface area contributed by atoms with Crippen LogP contribution in [0.2, 0.25) is 0 Å². The predicted octanol–water partition coefficient (Wildman–Crippen LogP) is 4.40. The molecule has 2 aromatic carbocycles. The molecule has 0 aliphatic rings. The summed E-state index contributed by atoms with van der Waals surface area (Å²) in [6, 6.07) is 12.4. The van der Waals surface area contributed by atoms with Crippen molar-refractivity contribution in [3.05, 3.63) is 81.4 Å². The Balaban J connectivity index is 1.72. The summed E-state index contributed by atoms with van der Waals surface area (Å²) in [6.07, 6.45) is 0. The van der Waals surface area contributed by atoms with Crippen molar-refractivity contribution in [3.8, 4) is 0 Å². The lowest BCUT2D eigenvalue weighted by molar-refractivity contribution is -0.384. The second kappa shape index (κ2) is 8.13. The number of nitrogens with one attached hydrogen (secondary N) is 2. The maximum atomic E-state index is 13.1. The molecule has 1 heterocycles. The van der Waals surface area contributed by atoms with Crippen LogP contribution in [-0.4, -0.2) is 19.8 Å². The third kappa shape index (κ3) is 4.49. The van der Waals surface area contributed by atoms with E-state index >= 15 is 0 Å². The molecular weight excluding hydrogens is 381 g/mol. The topological polar surface area (TPSA) is 85.0 Å². The fourth-order valence-electron chi connectivity index (χ4n) is 2.77. The van der Waals surface area contributed by atoms with Crippen LogP contribution < -0.4 is 10.6 Å². The zero-order valence-electron chi connectivity index (χ0n) is 15.3. The van der Waals surface area contributed by atoms with Gasteiger partial charge in [0.05, 0.1) is 28.5 Å². The molecule has 0 unspecified atom stereocenters. The van der Waals surface area contributed by atoms with Crippen molar-refractivity contribution in [2.24, 2.45) is 0 Å². The molecule has 0 atom stereocenters. The molecule has 3 rings (SSSR count). The lowest BCUT2D eigenvalue weighted by atomic mass is 10.2. The van der Waals surface area contributed by atoms with Crippen LogP contribution in [0.4, 0.5) is 21.5 Å². The molecule has 0 bridgehead atoms. The number of nitrogens with zero attached hydrogens (tertiary/aromatic N) is 3. The second-order valence-corrected chi connectivity index (χ2v) is 6.62. The van der Waals surface area contributed by atoms with Crippen molar-refractivity contribution in [2.75, 3.05) is 10.6 Å². The van der Waals surface area contributed by atoms with E-state index in [0.29, 0.717) is 17.3 Å². The molecule has 7 nitrogen and oxygen atoms in total. The molecule has 3 aromatic rings. The van der Waals surface area contributed by atoms with E-state index in [1.807, 2.05) is 13.8 Å². The van der Waals surface area contributed by atoms with Gasteiger partial charge in [0, 0.05) is 17.8 Å². The first-order chi connectivity index (χ1) is 13.3. The van der Waals surface area contributed by atoms with Crippen LogP contribution in [0.15, 0.2) is 48.5 Å². The molecule has 0 amide bonds. The average molecular weight is 399 g/mol. The zero-order chi connectivity index (χ0) is 20.3. The number of benzene rings is 2. The van der Waals surface area contributed by atoms with Gasteiger partial charge in [-0.3, -0.25) is 14.8 Å². The maximum Gasteiger partial charge on any atom is 0.271 e. The van der Waals surface area contributed by atoms with Crippen LogP contribution in [0.3, 0.4) is 0 Å². The highest BCUT2D eigenvalue weighted by Gasteiger charge is 2.14. The van der Waals surface area contributed by atoms with E-state index in [2.05, 4.69) is 15.7 Å². The minimum atomic E-state index is -0.463. The number of aromatic nitrogens is 2. The Morgan fingerprint density at radius 3 is 2.61 bits per heavy atom. The minimum Gasteiger partial charge on any atom is -0.332 e. The SMILES string of the molecule is Cc1nn(Cc2ccc(F)cc2)c(C)c1NC(=S)Nc1cccc([N+](=O)[O-])c1. The van der Waals surface area contributed by atoms with Gasteiger partial charge in [0.2, 0.25) is 0 Å². The fraction of sp³-hybridized carbons (Fsp3) is 0.158. The molecule has 0 aliphatic carbocycles. The Morgan fingerprint density at radius 2 is 1.93 bits per heavy atom. The summed E-state index contributed by atoms with van der Waals surface area (Å²) in [5, 5.41) is 21.7. The van der Waals surface area contributed by atoms with E-state index in [4.69, 9.17) is 12.2 Å². The number of anilines is 2. The van der Waals surface area contributed by atoms with Crippen molar-refractivity contribution in [2.45, 2.75) is 20.4 Å². The predicted molar refractivity (Wildman–Crippen MR) is 110 cm³/mol. The van der Waals surface area contributed by atoms with E-state index in [9.17, 15) is 14.5 Å². The Morgan fingerprint density at radius 1 is 1.21 bits per heavy atom. The smallest absolute Gasteiger partial charge is 0.271 e. The summed E-state index contributed by atoms with van der Waals surface area (Å²) >= 11 is 5.33. The van der Waals surface area contributed by atoms with E-state index in [1.165, 1.54) is 24.3 Å². The summed E-state index contributed by atoms with van der Waals surface area (Å²) in [5.74, 6) is -0.281. The first-order valence-corrected chi connectivity index (χ1v) is 8.85. The Hall–Kier alpha value is -3.33. The van der Waals surface area contributed by atoms with Gasteiger partial charge in [0.1, 0.15) is 5.82 Å². The molecule has 0 radical (unpaired) electrons. The third-order valence-electron chi connectivity index (χ3n) is 4.18. The van der Waals surface area contributed by atoms with Crippen LogP contribution in [0.5, 0.6) is 0 Å². The Kier molecular flexibility index (Phi) is 5.65. The molecule has 28 heavy (non-hydrogen) atoms. The summed E-state index contributed by atoms with van der Waals surface area (Å²) in [7, 11) is 0. The summed E-state index contributed by atoms with van der Waals surface area (Å²) < 4.78 is 14.9. The molecule has 1 aromatic heterocycles. The number of hydrogen-bond donors (Lipinski definition) is 2. The first-order valence-electron chi connectivity index (χ1n) is 8.44. The number of non-ortho nitro benzene ring substituents is 1. The molecule has 0 fully saturated rings. The Labute approximate surface area is 166 Å². The summed E-state index contributed by atoms with van der Waals surface area (Å²) in [5.41, 5.74) is 3.79. The van der Waals surface area contributed by atoms with Gasteiger partial charge >= 0.3 is 0 Å². The second-order valence-electron chi connectivity index (χ2n) is 6.22. The van der Waals surface area contributed by atoms with E-state index < -0.39 is 4.92 Å². The molecule has 144 valence electrons. The van der Waals surface area contributed by atoms with Crippen LogP contribution in [0.1, 0.15) is 17.0 Å². The van der Waals surface area contributed by atoms with Crippen LogP contribution in [0.25, 0.3) is 0 Å². The van der Waals surface area contributed by atoms with Crippen molar-refractivity contribution in [3.63, 3.8) is 0 Å². The summed E-state index contributed by atoms with van der Waals surface area (Å²) in [6.45, 7) is 4.26. The number of nitro groups is 1. The highest BCUT2D eigenvalue weighted by molar-refractivity contribution is 7.80. The lowest BCUT2D eigenvalue weighted by Gasteiger charge is -2.11. The Bertz CT molecular complexity index is 1030. The molecule has 9 heteroatoms. The first kappa shape index (κ1) is 19.4. The number of aryl methyl sites for hydroxylation is 1. The van der Waals surface area contributed by atoms with Crippen molar-refractivity contribution in [1.29, 1.82) is 0 Å². The van der Waals surface area contributed by atoms with E-state index in [1.54, 1.807) is 28.9 Å². The van der Waals surface area contributed by atoms with Gasteiger partial charge in [-0.1, -0.05) is 18.2 Å². The van der Waals surface area contributed by atoms with Gasteiger partial charge in [0.15, 0.2) is 5.11 Å². The van der Waals surface area contributed by atoms with Crippen molar-refractivity contribution < 1.29 is 9.31 Å². The van der Waals surface area contributed by atoms with Gasteiger partial charge < -0.3 is 10.6 Å². The minimum absolute atomic E-state index is 0.0210.